The molecule has 0 fully saturated rings. The fourth-order valence-corrected chi connectivity index (χ4v) is 5.00. The fourth-order valence-electron chi connectivity index (χ4n) is 5.00. The van der Waals surface area contributed by atoms with Crippen molar-refractivity contribution in [3.8, 4) is 28.1 Å². The Hall–Kier alpha value is -5.06. The normalized spacial score (nSPS) is 11.8. The Balaban J connectivity index is 1.31. The van der Waals surface area contributed by atoms with E-state index in [4.69, 9.17) is 0 Å². The second-order valence-corrected chi connectivity index (χ2v) is 11.0. The number of unbranched alkanes of at least 4 members (excludes halogenated alkanes) is 2. The van der Waals surface area contributed by atoms with Gasteiger partial charge in [0.25, 0.3) is 0 Å². The van der Waals surface area contributed by atoms with Gasteiger partial charge in [-0.15, -0.1) is 0 Å². The molecule has 11 heteroatoms. The molecule has 0 atom stereocenters. The summed E-state index contributed by atoms with van der Waals surface area (Å²) in [6.07, 6.45) is 3.40. The number of aryl methyl sites for hydroxylation is 1. The molecule has 1 heterocycles. The van der Waals surface area contributed by atoms with E-state index in [1.165, 1.54) is 24.3 Å². The van der Waals surface area contributed by atoms with E-state index in [0.717, 1.165) is 49.5 Å². The van der Waals surface area contributed by atoms with Gasteiger partial charge in [0.2, 0.25) is 0 Å². The molecule has 2 nitrogen and oxygen atoms in total. The number of halogens is 9. The van der Waals surface area contributed by atoms with Crippen LogP contribution in [0.4, 0.5) is 39.5 Å². The number of rotatable bonds is 11. The molecule has 4 aromatic carbocycles. The van der Waals surface area contributed by atoms with E-state index in [2.05, 4.69) is 16.6 Å². The number of alkyl halides is 2. The molecule has 5 aromatic rings. The average Bonchev–Trinajstić information content (AvgIpc) is 3.03. The third-order valence-corrected chi connectivity index (χ3v) is 7.48. The SMILES string of the molecule is CCCCCc1ccc(-c2ccc(-c3ccc(/C=C/c4cc(F)c(C(F)(F)Oc5cc(F)c(F)c(F)c5)c(F)c4)c(F)c3)c(F)c2)nc1. The van der Waals surface area contributed by atoms with Crippen molar-refractivity contribution in [1.82, 2.24) is 4.98 Å². The highest BCUT2D eigenvalue weighted by atomic mass is 19.3. The molecule has 48 heavy (non-hydrogen) atoms. The molecule has 0 spiro atoms. The summed E-state index contributed by atoms with van der Waals surface area (Å²) in [5.74, 6) is -11.8. The van der Waals surface area contributed by atoms with E-state index in [1.807, 2.05) is 12.1 Å². The lowest BCUT2D eigenvalue weighted by Crippen LogP contribution is -2.25. The highest BCUT2D eigenvalue weighted by molar-refractivity contribution is 5.74. The van der Waals surface area contributed by atoms with E-state index in [-0.39, 0.29) is 34.4 Å². The highest BCUT2D eigenvalue weighted by Gasteiger charge is 2.41. The molecule has 0 aliphatic heterocycles. The van der Waals surface area contributed by atoms with Crippen LogP contribution in [0.25, 0.3) is 34.5 Å². The van der Waals surface area contributed by atoms with Crippen LogP contribution in [0.15, 0.2) is 79.0 Å². The van der Waals surface area contributed by atoms with Crippen LogP contribution in [0.5, 0.6) is 5.75 Å². The molecule has 0 bridgehead atoms. The largest absolute Gasteiger partial charge is 0.432 e. The van der Waals surface area contributed by atoms with Crippen molar-refractivity contribution >= 4 is 12.2 Å². The number of pyridine rings is 1. The maximum atomic E-state index is 15.1. The molecule has 0 unspecified atom stereocenters. The topological polar surface area (TPSA) is 22.1 Å². The van der Waals surface area contributed by atoms with Crippen molar-refractivity contribution in [2.24, 2.45) is 0 Å². The summed E-state index contributed by atoms with van der Waals surface area (Å²) in [6.45, 7) is 2.13. The minimum atomic E-state index is -4.75. The predicted molar refractivity (Wildman–Crippen MR) is 164 cm³/mol. The van der Waals surface area contributed by atoms with Crippen molar-refractivity contribution in [3.05, 3.63) is 142 Å². The van der Waals surface area contributed by atoms with Crippen molar-refractivity contribution in [2.45, 2.75) is 38.7 Å². The van der Waals surface area contributed by atoms with Crippen LogP contribution >= 0.6 is 0 Å². The van der Waals surface area contributed by atoms with Crippen molar-refractivity contribution in [1.29, 1.82) is 0 Å². The zero-order valence-electron chi connectivity index (χ0n) is 25.2. The van der Waals surface area contributed by atoms with Gasteiger partial charge in [-0.1, -0.05) is 62.2 Å². The number of ether oxygens (including phenoxy) is 1. The van der Waals surface area contributed by atoms with E-state index < -0.39 is 58.1 Å². The van der Waals surface area contributed by atoms with E-state index >= 15 is 8.78 Å². The first-order valence-corrected chi connectivity index (χ1v) is 14.8. The van der Waals surface area contributed by atoms with Crippen LogP contribution in [0.1, 0.15) is 48.4 Å². The van der Waals surface area contributed by atoms with Crippen LogP contribution < -0.4 is 4.74 Å². The average molecular weight is 672 g/mol. The summed E-state index contributed by atoms with van der Waals surface area (Å²) in [6, 6.07) is 13.3. The van der Waals surface area contributed by atoms with Crippen LogP contribution in [0.2, 0.25) is 0 Å². The van der Waals surface area contributed by atoms with Crippen LogP contribution in [-0.2, 0) is 12.5 Å². The maximum Gasteiger partial charge on any atom is 0.432 e. The molecule has 0 saturated carbocycles. The van der Waals surface area contributed by atoms with Crippen molar-refractivity contribution < 1.29 is 44.3 Å². The molecule has 0 aliphatic carbocycles. The quantitative estimate of drug-likeness (QED) is 0.0604. The summed E-state index contributed by atoms with van der Waals surface area (Å²) in [4.78, 5) is 4.43. The lowest BCUT2D eigenvalue weighted by molar-refractivity contribution is -0.189. The zero-order chi connectivity index (χ0) is 34.6. The first-order valence-electron chi connectivity index (χ1n) is 14.8. The molecule has 5 rings (SSSR count). The lowest BCUT2D eigenvalue weighted by Gasteiger charge is -2.20. The third kappa shape index (κ3) is 7.73. The van der Waals surface area contributed by atoms with Gasteiger partial charge in [-0.3, -0.25) is 4.98 Å². The van der Waals surface area contributed by atoms with Gasteiger partial charge in [0, 0.05) is 35.0 Å². The van der Waals surface area contributed by atoms with Gasteiger partial charge >= 0.3 is 6.11 Å². The summed E-state index contributed by atoms with van der Waals surface area (Å²) < 4.78 is 133. The van der Waals surface area contributed by atoms with Gasteiger partial charge in [0.15, 0.2) is 17.5 Å². The molecule has 0 N–H and O–H groups in total. The monoisotopic (exact) mass is 671 g/mol. The number of nitrogens with zero attached hydrogens (tertiary/aromatic N) is 1. The number of hydrogen-bond donors (Lipinski definition) is 0. The lowest BCUT2D eigenvalue weighted by atomic mass is 9.99. The van der Waals surface area contributed by atoms with Gasteiger partial charge in [0.1, 0.15) is 34.6 Å². The standard InChI is InChI=1S/C37H26F9NO/c1-2-3-4-5-21-7-13-34(47-20-21)25-11-12-27(29(39)17-25)24-10-9-23(28(38)16-24)8-6-22-14-30(40)35(31(41)15-22)37(45,46)48-26-18-32(42)36(44)33(43)19-26/h6-20H,2-5H2,1H3/b8-6+. The predicted octanol–water partition coefficient (Wildman–Crippen LogP) is 11.4. The summed E-state index contributed by atoms with van der Waals surface area (Å²) in [5, 5.41) is 0. The molecule has 1 aromatic heterocycles. The van der Waals surface area contributed by atoms with Gasteiger partial charge in [-0.05, 0) is 59.9 Å². The summed E-state index contributed by atoms with van der Waals surface area (Å²) >= 11 is 0. The molecule has 0 radical (unpaired) electrons. The second kappa shape index (κ2) is 14.4. The number of hydrogen-bond acceptors (Lipinski definition) is 2. The number of benzene rings is 4. The first kappa shape index (κ1) is 34.3. The third-order valence-electron chi connectivity index (χ3n) is 7.48. The minimum absolute atomic E-state index is 0.0575. The Morgan fingerprint density at radius 1 is 0.667 bits per heavy atom. The summed E-state index contributed by atoms with van der Waals surface area (Å²) in [5.41, 5.74) is 0.355. The smallest absolute Gasteiger partial charge is 0.429 e. The molecule has 0 saturated heterocycles. The van der Waals surface area contributed by atoms with E-state index in [1.54, 1.807) is 12.3 Å². The molecular formula is C37H26F9NO. The maximum absolute atomic E-state index is 15.1. The van der Waals surface area contributed by atoms with Crippen LogP contribution in [0.3, 0.4) is 0 Å². The number of aromatic nitrogens is 1. The van der Waals surface area contributed by atoms with Gasteiger partial charge in [-0.25, -0.2) is 30.7 Å². The molecule has 0 amide bonds. The Kier molecular flexibility index (Phi) is 10.3. The Bertz CT molecular complexity index is 1930. The van der Waals surface area contributed by atoms with E-state index in [9.17, 15) is 30.7 Å². The van der Waals surface area contributed by atoms with Gasteiger partial charge in [0.05, 0.1) is 5.69 Å². The zero-order valence-corrected chi connectivity index (χ0v) is 25.2. The highest BCUT2D eigenvalue weighted by Crippen LogP contribution is 2.37. The van der Waals surface area contributed by atoms with Gasteiger partial charge in [-0.2, -0.15) is 8.78 Å². The Morgan fingerprint density at radius 2 is 1.33 bits per heavy atom. The summed E-state index contributed by atoms with van der Waals surface area (Å²) in [7, 11) is 0. The molecule has 0 aliphatic rings. The van der Waals surface area contributed by atoms with E-state index in [0.29, 0.717) is 23.4 Å². The minimum Gasteiger partial charge on any atom is -0.429 e. The van der Waals surface area contributed by atoms with Crippen molar-refractivity contribution in [2.75, 3.05) is 0 Å². The molecular weight excluding hydrogens is 645 g/mol. The van der Waals surface area contributed by atoms with Crippen LogP contribution in [0, 0.1) is 40.7 Å². The fraction of sp³-hybridized carbons (Fsp3) is 0.162. The Labute approximate surface area is 270 Å². The Morgan fingerprint density at radius 3 is 1.94 bits per heavy atom. The van der Waals surface area contributed by atoms with Crippen LogP contribution in [-0.4, -0.2) is 4.98 Å². The second-order valence-electron chi connectivity index (χ2n) is 11.0. The molecule has 248 valence electrons. The van der Waals surface area contributed by atoms with Crippen molar-refractivity contribution in [3.63, 3.8) is 0 Å². The van der Waals surface area contributed by atoms with Gasteiger partial charge < -0.3 is 4.74 Å². The first-order chi connectivity index (χ1) is 22.9.